The Morgan fingerprint density at radius 2 is 2.00 bits per heavy atom. The van der Waals surface area contributed by atoms with E-state index >= 15 is 0 Å². The first-order chi connectivity index (χ1) is 7.07. The molecular formula is C8H7N3O3S. The Balaban J connectivity index is 2.88. The standard InChI is InChI=1S/C8H7N3O3S/c9-5-7-1-3-8(4-2-7)11-6-15(12,13)14-10/h1-4,6H,10H2. The van der Waals surface area contributed by atoms with Crippen molar-refractivity contribution in [1.29, 1.82) is 5.26 Å². The minimum Gasteiger partial charge on any atom is -0.242 e. The molecule has 15 heavy (non-hydrogen) atoms. The molecule has 0 radical (unpaired) electrons. The molecule has 0 aliphatic heterocycles. The summed E-state index contributed by atoms with van der Waals surface area (Å²) in [7, 11) is -3.91. The van der Waals surface area contributed by atoms with Crippen LogP contribution in [0.2, 0.25) is 0 Å². The minimum absolute atomic E-state index is 0.384. The molecule has 0 atom stereocenters. The lowest BCUT2D eigenvalue weighted by atomic mass is 10.2. The average molecular weight is 225 g/mol. The number of hydrogen-bond acceptors (Lipinski definition) is 6. The summed E-state index contributed by atoms with van der Waals surface area (Å²) < 4.78 is 25.2. The van der Waals surface area contributed by atoms with E-state index in [1.54, 1.807) is 0 Å². The minimum atomic E-state index is -3.91. The number of aliphatic imine (C=N–C) groups is 1. The lowest BCUT2D eigenvalue weighted by Gasteiger charge is -1.93. The van der Waals surface area contributed by atoms with Gasteiger partial charge in [0.1, 0.15) is 5.55 Å². The van der Waals surface area contributed by atoms with Gasteiger partial charge in [0.25, 0.3) is 0 Å². The van der Waals surface area contributed by atoms with E-state index in [-0.39, 0.29) is 0 Å². The van der Waals surface area contributed by atoms with E-state index in [1.807, 2.05) is 6.07 Å². The summed E-state index contributed by atoms with van der Waals surface area (Å²) in [6, 6.07) is 7.96. The normalized spacial score (nSPS) is 11.5. The van der Waals surface area contributed by atoms with Crippen LogP contribution in [-0.2, 0) is 14.4 Å². The maximum atomic E-state index is 10.7. The highest BCUT2D eigenvalue weighted by molar-refractivity contribution is 8.00. The number of hydrogen-bond donors (Lipinski definition) is 1. The Bertz CT molecular complexity index is 499. The molecule has 0 heterocycles. The zero-order valence-corrected chi connectivity index (χ0v) is 8.31. The first-order valence-electron chi connectivity index (χ1n) is 3.75. The summed E-state index contributed by atoms with van der Waals surface area (Å²) in [6.45, 7) is 0. The van der Waals surface area contributed by atoms with Gasteiger partial charge in [-0.15, -0.1) is 0 Å². The van der Waals surface area contributed by atoms with Crippen LogP contribution in [0.4, 0.5) is 5.69 Å². The molecule has 78 valence electrons. The summed E-state index contributed by atoms with van der Waals surface area (Å²) in [5.74, 6) is 4.49. The van der Waals surface area contributed by atoms with Crippen LogP contribution >= 0.6 is 0 Å². The van der Waals surface area contributed by atoms with Crippen LogP contribution < -0.4 is 5.90 Å². The number of nitrogens with two attached hydrogens (primary N) is 1. The number of benzene rings is 1. The Morgan fingerprint density at radius 1 is 1.40 bits per heavy atom. The topological polar surface area (TPSA) is 106 Å². The fourth-order valence-electron chi connectivity index (χ4n) is 0.772. The van der Waals surface area contributed by atoms with E-state index < -0.39 is 10.1 Å². The van der Waals surface area contributed by atoms with Crippen LogP contribution in [0, 0.1) is 11.3 Å². The van der Waals surface area contributed by atoms with Crippen molar-refractivity contribution in [2.24, 2.45) is 10.9 Å². The first kappa shape index (κ1) is 11.3. The summed E-state index contributed by atoms with van der Waals surface area (Å²) in [4.78, 5) is 3.60. The molecule has 0 bridgehead atoms. The van der Waals surface area contributed by atoms with Crippen molar-refractivity contribution in [3.63, 3.8) is 0 Å². The molecule has 0 aromatic heterocycles. The zero-order chi connectivity index (χ0) is 11.3. The highest BCUT2D eigenvalue weighted by atomic mass is 32.2. The summed E-state index contributed by atoms with van der Waals surface area (Å²) in [6.07, 6.45) is 0. The van der Waals surface area contributed by atoms with E-state index in [4.69, 9.17) is 5.26 Å². The molecule has 0 saturated carbocycles. The third kappa shape index (κ3) is 3.47. The second kappa shape index (κ2) is 4.65. The van der Waals surface area contributed by atoms with E-state index in [2.05, 4.69) is 15.2 Å². The molecule has 0 spiro atoms. The predicted molar refractivity (Wildman–Crippen MR) is 53.5 cm³/mol. The van der Waals surface area contributed by atoms with Crippen molar-refractivity contribution in [2.75, 3.05) is 0 Å². The van der Waals surface area contributed by atoms with E-state index in [0.29, 0.717) is 16.8 Å². The molecule has 0 aliphatic carbocycles. The Kier molecular flexibility index (Phi) is 3.51. The van der Waals surface area contributed by atoms with Crippen LogP contribution in [0.1, 0.15) is 5.56 Å². The molecule has 0 aliphatic rings. The van der Waals surface area contributed by atoms with Gasteiger partial charge in [0.2, 0.25) is 0 Å². The molecule has 1 aromatic carbocycles. The van der Waals surface area contributed by atoms with Crippen LogP contribution in [0.15, 0.2) is 29.3 Å². The largest absolute Gasteiger partial charge is 0.323 e. The van der Waals surface area contributed by atoms with Gasteiger partial charge in [-0.25, -0.2) is 4.99 Å². The average Bonchev–Trinajstić information content (AvgIpc) is 2.27. The molecule has 7 heteroatoms. The van der Waals surface area contributed by atoms with Gasteiger partial charge in [0.05, 0.1) is 17.3 Å². The third-order valence-corrected chi connectivity index (χ3v) is 2.09. The van der Waals surface area contributed by atoms with Gasteiger partial charge >= 0.3 is 10.1 Å². The van der Waals surface area contributed by atoms with Crippen molar-refractivity contribution in [3.8, 4) is 6.07 Å². The van der Waals surface area contributed by atoms with E-state index in [0.717, 1.165) is 0 Å². The van der Waals surface area contributed by atoms with Crippen LogP contribution in [0.5, 0.6) is 0 Å². The van der Waals surface area contributed by atoms with Gasteiger partial charge in [0, 0.05) is 0 Å². The SMILES string of the molecule is N#Cc1ccc(N=CS(=O)(=O)ON)cc1. The lowest BCUT2D eigenvalue weighted by molar-refractivity contribution is 0.343. The molecule has 0 saturated heterocycles. The molecular weight excluding hydrogens is 218 g/mol. The Hall–Kier alpha value is -1.75. The highest BCUT2D eigenvalue weighted by Crippen LogP contribution is 2.12. The predicted octanol–water partition coefficient (Wildman–Crippen LogP) is 0.438. The second-order valence-electron chi connectivity index (χ2n) is 2.48. The zero-order valence-electron chi connectivity index (χ0n) is 7.49. The van der Waals surface area contributed by atoms with Crippen molar-refractivity contribution in [1.82, 2.24) is 0 Å². The van der Waals surface area contributed by atoms with E-state index in [9.17, 15) is 8.42 Å². The van der Waals surface area contributed by atoms with E-state index in [1.165, 1.54) is 24.3 Å². The molecule has 1 aromatic rings. The Morgan fingerprint density at radius 3 is 2.47 bits per heavy atom. The van der Waals surface area contributed by atoms with Crippen molar-refractivity contribution < 1.29 is 12.7 Å². The fourth-order valence-corrected chi connectivity index (χ4v) is 1.07. The molecule has 0 amide bonds. The Labute approximate surface area is 86.7 Å². The first-order valence-corrected chi connectivity index (χ1v) is 5.22. The summed E-state index contributed by atoms with van der Waals surface area (Å²) >= 11 is 0. The quantitative estimate of drug-likeness (QED) is 0.456. The number of rotatable bonds is 3. The maximum Gasteiger partial charge on any atom is 0.323 e. The second-order valence-corrected chi connectivity index (χ2v) is 3.87. The molecule has 0 unspecified atom stereocenters. The van der Waals surface area contributed by atoms with Crippen molar-refractivity contribution in [2.45, 2.75) is 0 Å². The molecule has 6 nitrogen and oxygen atoms in total. The van der Waals surface area contributed by atoms with Gasteiger partial charge < -0.3 is 0 Å². The maximum absolute atomic E-state index is 10.7. The van der Waals surface area contributed by atoms with Gasteiger partial charge in [-0.1, -0.05) is 0 Å². The number of nitrogens with zero attached hydrogens (tertiary/aromatic N) is 2. The van der Waals surface area contributed by atoms with Crippen molar-refractivity contribution in [3.05, 3.63) is 29.8 Å². The van der Waals surface area contributed by atoms with Gasteiger partial charge in [-0.05, 0) is 24.3 Å². The van der Waals surface area contributed by atoms with Gasteiger partial charge in [-0.2, -0.15) is 23.9 Å². The van der Waals surface area contributed by atoms with Crippen LogP contribution in [0.25, 0.3) is 0 Å². The third-order valence-electron chi connectivity index (χ3n) is 1.46. The fraction of sp³-hybridized carbons (Fsp3) is 0. The van der Waals surface area contributed by atoms with Crippen molar-refractivity contribution >= 4 is 21.4 Å². The van der Waals surface area contributed by atoms with Crippen LogP contribution in [0.3, 0.4) is 0 Å². The smallest absolute Gasteiger partial charge is 0.242 e. The van der Waals surface area contributed by atoms with Gasteiger partial charge in [-0.3, -0.25) is 0 Å². The van der Waals surface area contributed by atoms with Gasteiger partial charge in [0.15, 0.2) is 0 Å². The van der Waals surface area contributed by atoms with Crippen LogP contribution in [-0.4, -0.2) is 14.0 Å². The summed E-state index contributed by atoms with van der Waals surface area (Å²) in [5, 5.41) is 8.50. The monoisotopic (exact) mass is 225 g/mol. The lowest BCUT2D eigenvalue weighted by Crippen LogP contribution is -2.11. The molecule has 0 fully saturated rings. The summed E-state index contributed by atoms with van der Waals surface area (Å²) in [5.41, 5.74) is 1.44. The molecule has 1 rings (SSSR count). The number of nitriles is 1. The highest BCUT2D eigenvalue weighted by Gasteiger charge is 2.03. The molecule has 2 N–H and O–H groups in total.